The number of hydrogen-bond acceptors (Lipinski definition) is 2. The Kier molecular flexibility index (Phi) is 2.73. The lowest BCUT2D eigenvalue weighted by Gasteiger charge is -1.97. The predicted molar refractivity (Wildman–Crippen MR) is 47.0 cm³/mol. The van der Waals surface area contributed by atoms with E-state index in [2.05, 4.69) is 0 Å². The lowest BCUT2D eigenvalue weighted by Crippen LogP contribution is -2.03. The van der Waals surface area contributed by atoms with Crippen molar-refractivity contribution in [3.8, 4) is 0 Å². The number of ketones is 1. The Morgan fingerprint density at radius 1 is 1.50 bits per heavy atom. The molecule has 0 saturated heterocycles. The van der Waals surface area contributed by atoms with E-state index in [1.54, 1.807) is 24.3 Å². The van der Waals surface area contributed by atoms with Gasteiger partial charge in [-0.25, -0.2) is 9.35 Å². The highest BCUT2D eigenvalue weighted by Crippen LogP contribution is 2.07. The minimum Gasteiger partial charge on any atom is -0.295 e. The smallest absolute Gasteiger partial charge is 0.159 e. The molecule has 0 fully saturated rings. The van der Waals surface area contributed by atoms with Crippen molar-refractivity contribution in [2.45, 2.75) is 11.8 Å². The minimum atomic E-state index is -1.51. The molecule has 1 unspecified atom stereocenters. The molecule has 0 aliphatic heterocycles. The summed E-state index contributed by atoms with van der Waals surface area (Å²) in [6.07, 6.45) is 0. The molecule has 0 bridgehead atoms. The zero-order chi connectivity index (χ0) is 9.14. The molecule has 4 heteroatoms. The Hall–Kier alpha value is -1.00. The van der Waals surface area contributed by atoms with E-state index in [4.69, 9.17) is 5.14 Å². The van der Waals surface area contributed by atoms with Crippen LogP contribution in [-0.2, 0) is 11.0 Å². The van der Waals surface area contributed by atoms with Gasteiger partial charge in [-0.15, -0.1) is 0 Å². The maximum absolute atomic E-state index is 10.9. The SMILES string of the molecule is CC(=O)c1cccc(S(N)=O)c1. The van der Waals surface area contributed by atoms with E-state index in [9.17, 15) is 9.00 Å². The lowest BCUT2D eigenvalue weighted by atomic mass is 10.2. The van der Waals surface area contributed by atoms with Gasteiger partial charge in [0, 0.05) is 5.56 Å². The first-order valence-electron chi connectivity index (χ1n) is 3.38. The second-order valence-corrected chi connectivity index (χ2v) is 3.45. The Labute approximate surface area is 73.2 Å². The van der Waals surface area contributed by atoms with Crippen LogP contribution in [0.2, 0.25) is 0 Å². The summed E-state index contributed by atoms with van der Waals surface area (Å²) in [5.74, 6) is -0.0534. The van der Waals surface area contributed by atoms with Gasteiger partial charge < -0.3 is 0 Å². The van der Waals surface area contributed by atoms with Gasteiger partial charge in [0.2, 0.25) is 0 Å². The van der Waals surface area contributed by atoms with Crippen molar-refractivity contribution in [2.75, 3.05) is 0 Å². The Morgan fingerprint density at radius 3 is 2.67 bits per heavy atom. The van der Waals surface area contributed by atoms with Gasteiger partial charge in [-0.3, -0.25) is 4.79 Å². The maximum atomic E-state index is 10.9. The van der Waals surface area contributed by atoms with Gasteiger partial charge in [0.05, 0.1) is 4.90 Å². The molecule has 0 saturated carbocycles. The van der Waals surface area contributed by atoms with Crippen LogP contribution in [0.4, 0.5) is 0 Å². The van der Waals surface area contributed by atoms with Gasteiger partial charge in [-0.1, -0.05) is 12.1 Å². The molecule has 1 aromatic rings. The molecule has 0 radical (unpaired) electrons. The van der Waals surface area contributed by atoms with Crippen LogP contribution < -0.4 is 5.14 Å². The van der Waals surface area contributed by atoms with Crippen LogP contribution in [0.25, 0.3) is 0 Å². The highest BCUT2D eigenvalue weighted by atomic mass is 32.2. The highest BCUT2D eigenvalue weighted by Gasteiger charge is 2.02. The minimum absolute atomic E-state index is 0.0534. The van der Waals surface area contributed by atoms with Crippen molar-refractivity contribution in [3.05, 3.63) is 29.8 Å². The molecule has 0 aliphatic carbocycles. The van der Waals surface area contributed by atoms with Gasteiger partial charge in [0.15, 0.2) is 5.78 Å². The monoisotopic (exact) mass is 183 g/mol. The van der Waals surface area contributed by atoms with Crippen molar-refractivity contribution in [3.63, 3.8) is 0 Å². The van der Waals surface area contributed by atoms with E-state index in [1.165, 1.54) is 6.92 Å². The standard InChI is InChI=1S/C8H9NO2S/c1-6(10)7-3-2-4-8(5-7)12(9)11/h2-5H,9H2,1H3. The third-order valence-corrected chi connectivity index (χ3v) is 2.19. The van der Waals surface area contributed by atoms with Crippen molar-refractivity contribution in [2.24, 2.45) is 5.14 Å². The fraction of sp³-hybridized carbons (Fsp3) is 0.125. The first kappa shape index (κ1) is 9.09. The van der Waals surface area contributed by atoms with Crippen molar-refractivity contribution >= 4 is 16.8 Å². The molecule has 1 atom stereocenters. The van der Waals surface area contributed by atoms with Gasteiger partial charge in [0.25, 0.3) is 0 Å². The van der Waals surface area contributed by atoms with Crippen LogP contribution in [0.1, 0.15) is 17.3 Å². The number of Topliss-reactive ketones (excluding diaryl/α,β-unsaturated/α-hetero) is 1. The first-order chi connectivity index (χ1) is 5.61. The van der Waals surface area contributed by atoms with Crippen molar-refractivity contribution in [1.29, 1.82) is 0 Å². The first-order valence-corrected chi connectivity index (χ1v) is 4.59. The number of benzene rings is 1. The van der Waals surface area contributed by atoms with Crippen LogP contribution in [0.5, 0.6) is 0 Å². The summed E-state index contributed by atoms with van der Waals surface area (Å²) in [6, 6.07) is 6.50. The molecule has 0 heterocycles. The van der Waals surface area contributed by atoms with Crippen molar-refractivity contribution < 1.29 is 9.00 Å². The predicted octanol–water partition coefficient (Wildman–Crippen LogP) is 0.871. The Morgan fingerprint density at radius 2 is 2.17 bits per heavy atom. The molecule has 0 spiro atoms. The number of nitrogens with two attached hydrogens (primary N) is 1. The zero-order valence-corrected chi connectivity index (χ0v) is 7.43. The molecule has 3 nitrogen and oxygen atoms in total. The molecule has 0 aliphatic rings. The Balaban J connectivity index is 3.12. The summed E-state index contributed by atoms with van der Waals surface area (Å²) in [5, 5.41) is 5.14. The van der Waals surface area contributed by atoms with E-state index >= 15 is 0 Å². The molecule has 0 amide bonds. The molecule has 64 valence electrons. The summed E-state index contributed by atoms with van der Waals surface area (Å²) in [7, 11) is -1.51. The molecule has 0 aromatic heterocycles. The summed E-state index contributed by atoms with van der Waals surface area (Å²) >= 11 is 0. The third kappa shape index (κ3) is 1.99. The number of rotatable bonds is 2. The van der Waals surface area contributed by atoms with E-state index < -0.39 is 11.0 Å². The van der Waals surface area contributed by atoms with E-state index in [0.717, 1.165) is 0 Å². The van der Waals surface area contributed by atoms with Gasteiger partial charge in [-0.05, 0) is 19.1 Å². The van der Waals surface area contributed by atoms with Crippen LogP contribution in [-0.4, -0.2) is 9.99 Å². The van der Waals surface area contributed by atoms with Crippen molar-refractivity contribution in [1.82, 2.24) is 0 Å². The molecular weight excluding hydrogens is 174 g/mol. The third-order valence-electron chi connectivity index (χ3n) is 1.47. The van der Waals surface area contributed by atoms with Gasteiger partial charge in [0.1, 0.15) is 11.0 Å². The van der Waals surface area contributed by atoms with Crippen LogP contribution in [0.3, 0.4) is 0 Å². The molecule has 1 aromatic carbocycles. The largest absolute Gasteiger partial charge is 0.295 e. The topological polar surface area (TPSA) is 60.2 Å². The highest BCUT2D eigenvalue weighted by molar-refractivity contribution is 7.82. The molecule has 12 heavy (non-hydrogen) atoms. The fourth-order valence-electron chi connectivity index (χ4n) is 0.840. The lowest BCUT2D eigenvalue weighted by molar-refractivity contribution is 0.101. The van der Waals surface area contributed by atoms with Crippen LogP contribution in [0.15, 0.2) is 29.2 Å². The Bertz CT molecular complexity index is 306. The van der Waals surface area contributed by atoms with Crippen LogP contribution in [0, 0.1) is 0 Å². The number of carbonyl (C=O) groups excluding carboxylic acids is 1. The molecule has 2 N–H and O–H groups in total. The molecular formula is C8H9NO2S. The number of carbonyl (C=O) groups is 1. The molecule has 1 rings (SSSR count). The van der Waals surface area contributed by atoms with E-state index in [1.807, 2.05) is 0 Å². The average molecular weight is 183 g/mol. The second kappa shape index (κ2) is 3.60. The van der Waals surface area contributed by atoms with Gasteiger partial charge >= 0.3 is 0 Å². The maximum Gasteiger partial charge on any atom is 0.159 e. The fourth-order valence-corrected chi connectivity index (χ4v) is 1.30. The quantitative estimate of drug-likeness (QED) is 0.691. The average Bonchev–Trinajstić information content (AvgIpc) is 2.04. The normalized spacial score (nSPS) is 12.5. The summed E-state index contributed by atoms with van der Waals surface area (Å²) < 4.78 is 10.8. The summed E-state index contributed by atoms with van der Waals surface area (Å²) in [4.78, 5) is 11.4. The second-order valence-electron chi connectivity index (χ2n) is 2.38. The zero-order valence-electron chi connectivity index (χ0n) is 6.61. The number of hydrogen-bond donors (Lipinski definition) is 1. The van der Waals surface area contributed by atoms with Crippen LogP contribution >= 0.6 is 0 Å². The van der Waals surface area contributed by atoms with Gasteiger partial charge in [-0.2, -0.15) is 0 Å². The van der Waals surface area contributed by atoms with E-state index in [0.29, 0.717) is 10.5 Å². The summed E-state index contributed by atoms with van der Waals surface area (Å²) in [5.41, 5.74) is 0.534. The van der Waals surface area contributed by atoms with E-state index in [-0.39, 0.29) is 5.78 Å². The summed E-state index contributed by atoms with van der Waals surface area (Å²) in [6.45, 7) is 1.46.